The molecule has 0 unspecified atom stereocenters. The van der Waals surface area contributed by atoms with E-state index < -0.39 is 23.1 Å². The maximum atomic E-state index is 13.5. The van der Waals surface area contributed by atoms with Gasteiger partial charge in [0.2, 0.25) is 11.8 Å². The molecule has 0 saturated heterocycles. The van der Waals surface area contributed by atoms with Gasteiger partial charge in [0.1, 0.15) is 12.2 Å². The highest BCUT2D eigenvalue weighted by Gasteiger charge is 2.15. The Labute approximate surface area is 199 Å². The van der Waals surface area contributed by atoms with Crippen LogP contribution in [0.25, 0.3) is 11.0 Å². The Kier molecular flexibility index (Phi) is 7.25. The van der Waals surface area contributed by atoms with Crippen molar-refractivity contribution >= 4 is 28.5 Å². The molecular weight excluding hydrogens is 454 g/mol. The highest BCUT2D eigenvalue weighted by Crippen LogP contribution is 2.14. The van der Waals surface area contributed by atoms with E-state index in [2.05, 4.69) is 15.6 Å². The lowest BCUT2D eigenvalue weighted by atomic mass is 10.2. The first-order valence-electron chi connectivity index (χ1n) is 10.9. The van der Waals surface area contributed by atoms with Gasteiger partial charge in [0.15, 0.2) is 11.6 Å². The Bertz CT molecular complexity index is 1440. The second kappa shape index (κ2) is 10.7. The number of fused-ring (bicyclic) bond motifs is 1. The van der Waals surface area contributed by atoms with Crippen molar-refractivity contribution in [2.24, 2.45) is 0 Å². The summed E-state index contributed by atoms with van der Waals surface area (Å²) < 4.78 is 27.9. The van der Waals surface area contributed by atoms with E-state index in [1.165, 1.54) is 10.6 Å². The molecule has 0 aliphatic heterocycles. The van der Waals surface area contributed by atoms with E-state index in [0.29, 0.717) is 17.6 Å². The summed E-state index contributed by atoms with van der Waals surface area (Å²) in [6.07, 6.45) is 0.142. The third-order valence-corrected chi connectivity index (χ3v) is 5.35. The van der Waals surface area contributed by atoms with E-state index in [-0.39, 0.29) is 36.7 Å². The van der Waals surface area contributed by atoms with Crippen molar-refractivity contribution in [3.8, 4) is 0 Å². The molecule has 4 rings (SSSR count). The minimum absolute atomic E-state index is 0.0501. The van der Waals surface area contributed by atoms with Crippen molar-refractivity contribution in [3.05, 3.63) is 106 Å². The zero-order chi connectivity index (χ0) is 24.8. The summed E-state index contributed by atoms with van der Waals surface area (Å²) in [6, 6.07) is 19.3. The SMILES string of the molecule is O=C(CCc1nc2ccccc2n(CC(=O)Nc2ccc(F)c(F)c2)c1=O)NCc1ccccc1. The largest absolute Gasteiger partial charge is 0.352 e. The van der Waals surface area contributed by atoms with Crippen LogP contribution in [0.15, 0.2) is 77.6 Å². The molecule has 0 atom stereocenters. The molecule has 1 aromatic heterocycles. The van der Waals surface area contributed by atoms with Crippen molar-refractivity contribution in [1.82, 2.24) is 14.9 Å². The number of aromatic nitrogens is 2. The third-order valence-electron chi connectivity index (χ3n) is 5.35. The second-order valence-corrected chi connectivity index (χ2v) is 7.88. The van der Waals surface area contributed by atoms with Gasteiger partial charge < -0.3 is 10.6 Å². The molecule has 2 N–H and O–H groups in total. The van der Waals surface area contributed by atoms with Crippen molar-refractivity contribution in [1.29, 1.82) is 0 Å². The van der Waals surface area contributed by atoms with E-state index in [4.69, 9.17) is 0 Å². The molecule has 9 heteroatoms. The fourth-order valence-corrected chi connectivity index (χ4v) is 3.60. The van der Waals surface area contributed by atoms with E-state index >= 15 is 0 Å². The van der Waals surface area contributed by atoms with Crippen LogP contribution in [0.3, 0.4) is 0 Å². The molecule has 2 amide bonds. The summed E-state index contributed by atoms with van der Waals surface area (Å²) >= 11 is 0. The number of hydrogen-bond donors (Lipinski definition) is 2. The van der Waals surface area contributed by atoms with Gasteiger partial charge in [-0.15, -0.1) is 0 Å². The normalized spacial score (nSPS) is 10.8. The van der Waals surface area contributed by atoms with Gasteiger partial charge in [-0.25, -0.2) is 13.8 Å². The minimum Gasteiger partial charge on any atom is -0.352 e. The van der Waals surface area contributed by atoms with E-state index in [9.17, 15) is 23.2 Å². The molecule has 0 aliphatic carbocycles. The van der Waals surface area contributed by atoms with Gasteiger partial charge in [0.25, 0.3) is 5.56 Å². The molecule has 4 aromatic rings. The van der Waals surface area contributed by atoms with Crippen molar-refractivity contribution in [2.75, 3.05) is 5.32 Å². The lowest BCUT2D eigenvalue weighted by Crippen LogP contribution is -2.32. The second-order valence-electron chi connectivity index (χ2n) is 7.88. The zero-order valence-electron chi connectivity index (χ0n) is 18.6. The highest BCUT2D eigenvalue weighted by molar-refractivity contribution is 5.91. The maximum absolute atomic E-state index is 13.5. The first-order valence-corrected chi connectivity index (χ1v) is 10.9. The summed E-state index contributed by atoms with van der Waals surface area (Å²) in [7, 11) is 0. The molecule has 0 fully saturated rings. The first kappa shape index (κ1) is 23.7. The zero-order valence-corrected chi connectivity index (χ0v) is 18.6. The van der Waals surface area contributed by atoms with Gasteiger partial charge in [0, 0.05) is 31.1 Å². The van der Waals surface area contributed by atoms with Crippen LogP contribution >= 0.6 is 0 Å². The number of nitrogens with one attached hydrogen (secondary N) is 2. The summed E-state index contributed by atoms with van der Waals surface area (Å²) in [5, 5.41) is 5.27. The molecular formula is C26H22F2N4O3. The Balaban J connectivity index is 1.49. The van der Waals surface area contributed by atoms with Crippen LogP contribution in [0.5, 0.6) is 0 Å². The molecule has 35 heavy (non-hydrogen) atoms. The van der Waals surface area contributed by atoms with Crippen LogP contribution in [-0.2, 0) is 29.1 Å². The molecule has 0 bridgehead atoms. The Morgan fingerprint density at radius 2 is 1.63 bits per heavy atom. The number of hydrogen-bond acceptors (Lipinski definition) is 4. The molecule has 7 nitrogen and oxygen atoms in total. The van der Waals surface area contributed by atoms with E-state index in [1.54, 1.807) is 24.3 Å². The molecule has 0 radical (unpaired) electrons. The number of amides is 2. The number of halogens is 2. The maximum Gasteiger partial charge on any atom is 0.273 e. The third kappa shape index (κ3) is 5.94. The van der Waals surface area contributed by atoms with Gasteiger partial charge in [0.05, 0.1) is 11.0 Å². The summed E-state index contributed by atoms with van der Waals surface area (Å²) in [6.45, 7) is 0.00721. The number of para-hydroxylation sites is 2. The Morgan fingerprint density at radius 1 is 0.886 bits per heavy atom. The minimum atomic E-state index is -1.10. The average molecular weight is 476 g/mol. The van der Waals surface area contributed by atoms with Crippen molar-refractivity contribution < 1.29 is 18.4 Å². The van der Waals surface area contributed by atoms with Gasteiger partial charge >= 0.3 is 0 Å². The number of carbonyl (C=O) groups is 2. The number of benzene rings is 3. The van der Waals surface area contributed by atoms with Gasteiger partial charge in [-0.1, -0.05) is 42.5 Å². The van der Waals surface area contributed by atoms with Crippen LogP contribution < -0.4 is 16.2 Å². The summed E-state index contributed by atoms with van der Waals surface area (Å²) in [5.74, 6) is -2.95. The summed E-state index contributed by atoms with van der Waals surface area (Å²) in [5.41, 5.74) is 1.61. The van der Waals surface area contributed by atoms with Crippen LogP contribution in [0, 0.1) is 11.6 Å². The average Bonchev–Trinajstić information content (AvgIpc) is 2.86. The molecule has 0 saturated carbocycles. The fraction of sp³-hybridized carbons (Fsp3) is 0.154. The smallest absolute Gasteiger partial charge is 0.273 e. The molecule has 0 aliphatic rings. The van der Waals surface area contributed by atoms with Gasteiger partial charge in [-0.2, -0.15) is 0 Å². The number of nitrogens with zero attached hydrogens (tertiary/aromatic N) is 2. The quantitative estimate of drug-likeness (QED) is 0.407. The lowest BCUT2D eigenvalue weighted by molar-refractivity contribution is -0.121. The molecule has 3 aromatic carbocycles. The fourth-order valence-electron chi connectivity index (χ4n) is 3.60. The van der Waals surface area contributed by atoms with Crippen LogP contribution in [0.4, 0.5) is 14.5 Å². The number of rotatable bonds is 8. The molecule has 1 heterocycles. The number of aryl methyl sites for hydroxylation is 1. The standard InChI is InChI=1S/C26H22F2N4O3/c27-19-11-10-18(14-20(19)28)30-25(34)16-32-23-9-5-4-8-21(23)31-22(26(32)35)12-13-24(33)29-15-17-6-2-1-3-7-17/h1-11,14H,12-13,15-16H2,(H,29,33)(H,30,34). The van der Waals surface area contributed by atoms with Gasteiger partial charge in [-0.05, 0) is 29.8 Å². The van der Waals surface area contributed by atoms with Crippen LogP contribution in [-0.4, -0.2) is 21.4 Å². The van der Waals surface area contributed by atoms with E-state index in [0.717, 1.165) is 17.7 Å². The Morgan fingerprint density at radius 3 is 2.40 bits per heavy atom. The first-order chi connectivity index (χ1) is 16.9. The predicted octanol–water partition coefficient (Wildman–Crippen LogP) is 3.56. The lowest BCUT2D eigenvalue weighted by Gasteiger charge is -2.13. The topological polar surface area (TPSA) is 93.1 Å². The number of anilines is 1. The molecule has 0 spiro atoms. The highest BCUT2D eigenvalue weighted by atomic mass is 19.2. The van der Waals surface area contributed by atoms with Crippen LogP contribution in [0.2, 0.25) is 0 Å². The number of carbonyl (C=O) groups excluding carboxylic acids is 2. The van der Waals surface area contributed by atoms with E-state index in [1.807, 2.05) is 30.3 Å². The van der Waals surface area contributed by atoms with Gasteiger partial charge in [-0.3, -0.25) is 19.0 Å². The summed E-state index contributed by atoms with van der Waals surface area (Å²) in [4.78, 5) is 42.5. The predicted molar refractivity (Wildman–Crippen MR) is 128 cm³/mol. The molecule has 178 valence electrons. The monoisotopic (exact) mass is 476 g/mol. The van der Waals surface area contributed by atoms with Crippen molar-refractivity contribution in [2.45, 2.75) is 25.9 Å². The van der Waals surface area contributed by atoms with Crippen LogP contribution in [0.1, 0.15) is 17.7 Å². The Hall–Kier alpha value is -4.40. The van der Waals surface area contributed by atoms with Crippen molar-refractivity contribution in [3.63, 3.8) is 0 Å².